The lowest BCUT2D eigenvalue weighted by atomic mass is 10.1. The molecule has 0 aliphatic rings. The number of aromatic nitrogens is 1. The zero-order valence-corrected chi connectivity index (χ0v) is 15.8. The number of hydrogen-bond donors (Lipinski definition) is 2. The SMILES string of the molecule is COc1ccc(-c2nc3cc(C)c(C)c(Br)c3o2)cc1NC(N)=S. The quantitative estimate of drug-likeness (QED) is 0.623. The molecule has 24 heavy (non-hydrogen) atoms. The lowest BCUT2D eigenvalue weighted by Crippen LogP contribution is -2.19. The Morgan fingerprint density at radius 1 is 1.33 bits per heavy atom. The zero-order valence-electron chi connectivity index (χ0n) is 13.4. The third-order valence-electron chi connectivity index (χ3n) is 3.83. The van der Waals surface area contributed by atoms with Crippen LogP contribution in [0.3, 0.4) is 0 Å². The Labute approximate surface area is 153 Å². The van der Waals surface area contributed by atoms with E-state index in [0.29, 0.717) is 17.3 Å². The van der Waals surface area contributed by atoms with Crippen LogP contribution in [0.4, 0.5) is 5.69 Å². The number of halogens is 1. The van der Waals surface area contributed by atoms with E-state index < -0.39 is 0 Å². The molecule has 3 aromatic rings. The van der Waals surface area contributed by atoms with E-state index in [2.05, 4.69) is 26.2 Å². The van der Waals surface area contributed by atoms with Gasteiger partial charge in [0.1, 0.15) is 11.3 Å². The molecule has 0 aliphatic heterocycles. The van der Waals surface area contributed by atoms with Crippen molar-refractivity contribution in [1.82, 2.24) is 4.98 Å². The molecule has 3 N–H and O–H groups in total. The number of fused-ring (bicyclic) bond motifs is 1. The molecule has 0 spiro atoms. The van der Waals surface area contributed by atoms with E-state index >= 15 is 0 Å². The standard InChI is InChI=1S/C17H16BrN3O2S/c1-8-6-12-15(14(18)9(8)2)23-16(20-12)10-4-5-13(22-3)11(7-10)21-17(19)24/h4-7H,1-3H3,(H3,19,21,24). The van der Waals surface area contributed by atoms with Gasteiger partial charge in [-0.05, 0) is 77.4 Å². The maximum Gasteiger partial charge on any atom is 0.227 e. The number of rotatable bonds is 3. The smallest absolute Gasteiger partial charge is 0.227 e. The van der Waals surface area contributed by atoms with E-state index in [9.17, 15) is 0 Å². The number of methoxy groups -OCH3 is 1. The molecule has 2 aromatic carbocycles. The van der Waals surface area contributed by atoms with Gasteiger partial charge >= 0.3 is 0 Å². The van der Waals surface area contributed by atoms with Crippen molar-refractivity contribution in [3.63, 3.8) is 0 Å². The van der Waals surface area contributed by atoms with Crippen LogP contribution in [-0.4, -0.2) is 17.2 Å². The summed E-state index contributed by atoms with van der Waals surface area (Å²) in [6.45, 7) is 4.09. The van der Waals surface area contributed by atoms with Crippen molar-refractivity contribution >= 4 is 50.0 Å². The molecule has 0 bridgehead atoms. The summed E-state index contributed by atoms with van der Waals surface area (Å²) in [6, 6.07) is 7.55. The highest BCUT2D eigenvalue weighted by atomic mass is 79.9. The van der Waals surface area contributed by atoms with Gasteiger partial charge in [0.25, 0.3) is 0 Å². The highest BCUT2D eigenvalue weighted by Gasteiger charge is 2.15. The number of ether oxygens (including phenoxy) is 1. The van der Waals surface area contributed by atoms with Crippen LogP contribution in [0.1, 0.15) is 11.1 Å². The van der Waals surface area contributed by atoms with Crippen molar-refractivity contribution in [1.29, 1.82) is 0 Å². The number of oxazole rings is 1. The Hall–Kier alpha value is -2.12. The fourth-order valence-electron chi connectivity index (χ4n) is 2.44. The number of hydrogen-bond acceptors (Lipinski definition) is 4. The second-order valence-corrected chi connectivity index (χ2v) is 6.64. The average molecular weight is 406 g/mol. The molecule has 0 saturated heterocycles. The Kier molecular flexibility index (Phi) is 4.47. The van der Waals surface area contributed by atoms with Crippen molar-refractivity contribution in [3.05, 3.63) is 39.9 Å². The second-order valence-electron chi connectivity index (χ2n) is 5.40. The fraction of sp³-hybridized carbons (Fsp3) is 0.176. The minimum Gasteiger partial charge on any atom is -0.495 e. The number of aryl methyl sites for hydroxylation is 1. The van der Waals surface area contributed by atoms with Crippen molar-refractivity contribution < 1.29 is 9.15 Å². The molecule has 1 aromatic heterocycles. The van der Waals surface area contributed by atoms with Crippen molar-refractivity contribution in [2.75, 3.05) is 12.4 Å². The minimum atomic E-state index is 0.164. The summed E-state index contributed by atoms with van der Waals surface area (Å²) in [4.78, 5) is 4.59. The Balaban J connectivity index is 2.13. The van der Waals surface area contributed by atoms with Crippen LogP contribution in [0.5, 0.6) is 5.75 Å². The predicted octanol–water partition coefficient (Wildman–Crippen LogP) is 4.54. The van der Waals surface area contributed by atoms with Crippen LogP contribution in [0.2, 0.25) is 0 Å². The predicted molar refractivity (Wildman–Crippen MR) is 104 cm³/mol. The zero-order chi connectivity index (χ0) is 17.4. The highest BCUT2D eigenvalue weighted by Crippen LogP contribution is 2.35. The van der Waals surface area contributed by atoms with Gasteiger partial charge < -0.3 is 20.2 Å². The van der Waals surface area contributed by atoms with Gasteiger partial charge in [-0.3, -0.25) is 0 Å². The maximum atomic E-state index is 5.96. The van der Waals surface area contributed by atoms with Gasteiger partial charge in [0.2, 0.25) is 5.89 Å². The summed E-state index contributed by atoms with van der Waals surface area (Å²) < 4.78 is 12.2. The Bertz CT molecular complexity index is 953. The van der Waals surface area contributed by atoms with E-state index in [1.165, 1.54) is 0 Å². The van der Waals surface area contributed by atoms with Gasteiger partial charge in [-0.1, -0.05) is 0 Å². The molecular weight excluding hydrogens is 390 g/mol. The second kappa shape index (κ2) is 6.41. The monoisotopic (exact) mass is 405 g/mol. The Morgan fingerprint density at radius 3 is 2.75 bits per heavy atom. The molecule has 0 atom stereocenters. The molecular formula is C17H16BrN3O2S. The number of nitrogens with zero attached hydrogens (tertiary/aromatic N) is 1. The number of anilines is 1. The van der Waals surface area contributed by atoms with Crippen molar-refractivity contribution in [3.8, 4) is 17.2 Å². The summed E-state index contributed by atoms with van der Waals surface area (Å²) in [5, 5.41) is 3.07. The van der Waals surface area contributed by atoms with Gasteiger partial charge in [-0.15, -0.1) is 0 Å². The van der Waals surface area contributed by atoms with Gasteiger partial charge in [-0.2, -0.15) is 0 Å². The van der Waals surface area contributed by atoms with Crippen LogP contribution in [0, 0.1) is 13.8 Å². The third-order valence-corrected chi connectivity index (χ3v) is 4.89. The maximum absolute atomic E-state index is 5.96. The van der Waals surface area contributed by atoms with Gasteiger partial charge in [-0.25, -0.2) is 4.98 Å². The lowest BCUT2D eigenvalue weighted by Gasteiger charge is -2.10. The molecule has 0 aliphatic carbocycles. The summed E-state index contributed by atoms with van der Waals surface area (Å²) in [5.74, 6) is 1.15. The molecule has 0 unspecified atom stereocenters. The van der Waals surface area contributed by atoms with E-state index in [1.807, 2.05) is 38.1 Å². The highest BCUT2D eigenvalue weighted by molar-refractivity contribution is 9.10. The van der Waals surface area contributed by atoms with Crippen LogP contribution in [0.15, 0.2) is 33.2 Å². The van der Waals surface area contributed by atoms with Gasteiger partial charge in [0.15, 0.2) is 10.7 Å². The third kappa shape index (κ3) is 2.97. The minimum absolute atomic E-state index is 0.164. The first-order valence-electron chi connectivity index (χ1n) is 7.21. The van der Waals surface area contributed by atoms with Gasteiger partial charge in [0, 0.05) is 5.56 Å². The van der Waals surface area contributed by atoms with Crippen LogP contribution >= 0.6 is 28.1 Å². The first-order chi connectivity index (χ1) is 11.4. The molecule has 0 radical (unpaired) electrons. The molecule has 3 rings (SSSR count). The summed E-state index contributed by atoms with van der Waals surface area (Å²) >= 11 is 8.50. The normalized spacial score (nSPS) is 10.8. The number of thiocarbonyl (C=S) groups is 1. The van der Waals surface area contributed by atoms with Crippen LogP contribution in [-0.2, 0) is 0 Å². The molecule has 0 fully saturated rings. The number of nitrogens with one attached hydrogen (secondary N) is 1. The summed E-state index contributed by atoms with van der Waals surface area (Å²) in [7, 11) is 1.59. The van der Waals surface area contributed by atoms with Crippen molar-refractivity contribution in [2.24, 2.45) is 5.73 Å². The molecule has 0 amide bonds. The topological polar surface area (TPSA) is 73.3 Å². The largest absolute Gasteiger partial charge is 0.495 e. The molecule has 0 saturated carbocycles. The van der Waals surface area contributed by atoms with E-state index in [4.69, 9.17) is 27.1 Å². The van der Waals surface area contributed by atoms with Crippen LogP contribution in [0.25, 0.3) is 22.6 Å². The number of benzene rings is 2. The summed E-state index contributed by atoms with van der Waals surface area (Å²) in [5.41, 5.74) is 10.9. The first-order valence-corrected chi connectivity index (χ1v) is 8.42. The van der Waals surface area contributed by atoms with Crippen molar-refractivity contribution in [2.45, 2.75) is 13.8 Å². The van der Waals surface area contributed by atoms with Gasteiger partial charge in [0.05, 0.1) is 17.3 Å². The summed E-state index contributed by atoms with van der Waals surface area (Å²) in [6.07, 6.45) is 0. The molecule has 7 heteroatoms. The first kappa shape index (κ1) is 16.7. The molecule has 1 heterocycles. The molecule has 5 nitrogen and oxygen atoms in total. The van der Waals surface area contributed by atoms with E-state index in [1.54, 1.807) is 7.11 Å². The lowest BCUT2D eigenvalue weighted by molar-refractivity contribution is 0.417. The van der Waals surface area contributed by atoms with E-state index in [-0.39, 0.29) is 5.11 Å². The Morgan fingerprint density at radius 2 is 2.08 bits per heavy atom. The van der Waals surface area contributed by atoms with Crippen LogP contribution < -0.4 is 15.8 Å². The average Bonchev–Trinajstić information content (AvgIpc) is 2.96. The van der Waals surface area contributed by atoms with E-state index in [0.717, 1.165) is 32.3 Å². The number of nitrogens with two attached hydrogens (primary N) is 1. The molecule has 124 valence electrons. The fourth-order valence-corrected chi connectivity index (χ4v) is 3.15.